The summed E-state index contributed by atoms with van der Waals surface area (Å²) in [6.45, 7) is 10.0. The average Bonchev–Trinajstić information content (AvgIpc) is 2.57. The topological polar surface area (TPSA) is 88.0 Å². The first-order chi connectivity index (χ1) is 12.8. The number of aryl methyl sites for hydroxylation is 4. The number of ether oxygens (including phenoxy) is 1. The SMILES string of the molecule is CCNC(Cc1cc(C)c(Oc2cc(C)c(N=O)c(C)c2)c(C)c1)C(=O)O. The van der Waals surface area contributed by atoms with E-state index in [2.05, 4.69) is 10.5 Å². The molecule has 0 spiro atoms. The third kappa shape index (κ3) is 4.92. The van der Waals surface area contributed by atoms with Gasteiger partial charge in [-0.1, -0.05) is 19.1 Å². The Labute approximate surface area is 159 Å². The summed E-state index contributed by atoms with van der Waals surface area (Å²) in [6.07, 6.45) is 0.406. The molecule has 2 aromatic carbocycles. The minimum atomic E-state index is -0.859. The van der Waals surface area contributed by atoms with Crippen molar-refractivity contribution in [1.29, 1.82) is 0 Å². The number of carboxylic acid groups (broad SMARTS) is 1. The van der Waals surface area contributed by atoms with Gasteiger partial charge in [0.1, 0.15) is 23.2 Å². The number of rotatable bonds is 8. The number of carbonyl (C=O) groups is 1. The van der Waals surface area contributed by atoms with Crippen LogP contribution in [0.4, 0.5) is 5.69 Å². The highest BCUT2D eigenvalue weighted by molar-refractivity contribution is 5.74. The second-order valence-corrected chi connectivity index (χ2v) is 6.81. The molecule has 0 aliphatic heterocycles. The predicted octanol–water partition coefficient (Wildman–Crippen LogP) is 4.72. The summed E-state index contributed by atoms with van der Waals surface area (Å²) in [6, 6.07) is 6.88. The number of hydrogen-bond acceptors (Lipinski definition) is 5. The smallest absolute Gasteiger partial charge is 0.321 e. The summed E-state index contributed by atoms with van der Waals surface area (Å²) in [5, 5.41) is 15.4. The number of hydrogen-bond donors (Lipinski definition) is 2. The zero-order valence-electron chi connectivity index (χ0n) is 16.4. The number of aliphatic carboxylic acids is 1. The van der Waals surface area contributed by atoms with Crippen molar-refractivity contribution in [1.82, 2.24) is 5.32 Å². The molecule has 0 heterocycles. The maximum atomic E-state index is 11.4. The van der Waals surface area contributed by atoms with Crippen LogP contribution in [0.25, 0.3) is 0 Å². The van der Waals surface area contributed by atoms with Crippen LogP contribution in [0.2, 0.25) is 0 Å². The van der Waals surface area contributed by atoms with Crippen LogP contribution < -0.4 is 10.1 Å². The molecule has 2 N–H and O–H groups in total. The molecule has 0 amide bonds. The Bertz CT molecular complexity index is 815. The van der Waals surface area contributed by atoms with Crippen LogP contribution in [-0.4, -0.2) is 23.7 Å². The van der Waals surface area contributed by atoms with Gasteiger partial charge in [-0.25, -0.2) is 0 Å². The quantitative estimate of drug-likeness (QED) is 0.657. The minimum Gasteiger partial charge on any atom is -0.480 e. The molecule has 0 aromatic heterocycles. The molecule has 144 valence electrons. The molecule has 0 aliphatic rings. The summed E-state index contributed by atoms with van der Waals surface area (Å²) >= 11 is 0. The van der Waals surface area contributed by atoms with Gasteiger partial charge in [0.25, 0.3) is 0 Å². The molecule has 0 aliphatic carbocycles. The largest absolute Gasteiger partial charge is 0.480 e. The van der Waals surface area contributed by atoms with Crippen molar-refractivity contribution < 1.29 is 14.6 Å². The summed E-state index contributed by atoms with van der Waals surface area (Å²) in [5.74, 6) is 0.523. The first-order valence-electron chi connectivity index (χ1n) is 8.95. The van der Waals surface area contributed by atoms with Crippen LogP contribution in [-0.2, 0) is 11.2 Å². The zero-order valence-corrected chi connectivity index (χ0v) is 16.4. The molecule has 0 radical (unpaired) electrons. The lowest BCUT2D eigenvalue weighted by Gasteiger charge is -2.17. The predicted molar refractivity (Wildman–Crippen MR) is 106 cm³/mol. The Morgan fingerprint density at radius 3 is 2.07 bits per heavy atom. The Kier molecular flexibility index (Phi) is 6.69. The summed E-state index contributed by atoms with van der Waals surface area (Å²) in [5.41, 5.74) is 4.77. The van der Waals surface area contributed by atoms with Crippen molar-refractivity contribution in [2.45, 2.75) is 47.1 Å². The average molecular weight is 370 g/mol. The second-order valence-electron chi connectivity index (χ2n) is 6.81. The van der Waals surface area contributed by atoms with Crippen LogP contribution in [0.15, 0.2) is 29.4 Å². The van der Waals surface area contributed by atoms with Crippen LogP contribution in [0, 0.1) is 32.6 Å². The molecule has 0 fully saturated rings. The maximum Gasteiger partial charge on any atom is 0.321 e. The van der Waals surface area contributed by atoms with E-state index in [0.29, 0.717) is 24.4 Å². The normalized spacial score (nSPS) is 11.9. The number of likely N-dealkylation sites (N-methyl/N-ethyl adjacent to an activating group) is 1. The molecule has 2 aromatic rings. The fourth-order valence-corrected chi connectivity index (χ4v) is 3.28. The summed E-state index contributed by atoms with van der Waals surface area (Å²) in [4.78, 5) is 22.3. The van der Waals surface area contributed by atoms with Crippen molar-refractivity contribution in [3.05, 3.63) is 57.0 Å². The van der Waals surface area contributed by atoms with E-state index in [1.54, 1.807) is 12.1 Å². The van der Waals surface area contributed by atoms with Gasteiger partial charge in [0, 0.05) is 0 Å². The zero-order chi connectivity index (χ0) is 20.1. The van der Waals surface area contributed by atoms with E-state index >= 15 is 0 Å². The van der Waals surface area contributed by atoms with Gasteiger partial charge >= 0.3 is 5.97 Å². The van der Waals surface area contributed by atoms with Crippen molar-refractivity contribution in [2.75, 3.05) is 6.54 Å². The van der Waals surface area contributed by atoms with Gasteiger partial charge in [-0.2, -0.15) is 0 Å². The molecule has 0 saturated carbocycles. The third-order valence-electron chi connectivity index (χ3n) is 4.48. The van der Waals surface area contributed by atoms with E-state index in [9.17, 15) is 14.8 Å². The van der Waals surface area contributed by atoms with Crippen molar-refractivity contribution in [3.8, 4) is 11.5 Å². The van der Waals surface area contributed by atoms with Gasteiger partial charge in [-0.15, -0.1) is 4.91 Å². The van der Waals surface area contributed by atoms with Crippen molar-refractivity contribution in [3.63, 3.8) is 0 Å². The molecule has 27 heavy (non-hydrogen) atoms. The van der Waals surface area contributed by atoms with Gasteiger partial charge < -0.3 is 15.2 Å². The van der Waals surface area contributed by atoms with Gasteiger partial charge in [0.05, 0.1) is 0 Å². The van der Waals surface area contributed by atoms with Gasteiger partial charge in [-0.05, 0) is 85.8 Å². The van der Waals surface area contributed by atoms with Crippen molar-refractivity contribution in [2.24, 2.45) is 5.18 Å². The molecule has 2 rings (SSSR count). The fraction of sp³-hybridized carbons (Fsp3) is 0.381. The number of nitrogens with zero attached hydrogens (tertiary/aromatic N) is 1. The molecule has 6 nitrogen and oxygen atoms in total. The molecule has 1 atom stereocenters. The monoisotopic (exact) mass is 370 g/mol. The summed E-state index contributed by atoms with van der Waals surface area (Å²) in [7, 11) is 0. The molecule has 0 bridgehead atoms. The van der Waals surface area contributed by atoms with E-state index in [4.69, 9.17) is 4.74 Å². The highest BCUT2D eigenvalue weighted by Gasteiger charge is 2.18. The maximum absolute atomic E-state index is 11.4. The lowest BCUT2D eigenvalue weighted by atomic mass is 10.00. The lowest BCUT2D eigenvalue weighted by Crippen LogP contribution is -2.38. The molecular weight excluding hydrogens is 344 g/mol. The fourth-order valence-electron chi connectivity index (χ4n) is 3.28. The Morgan fingerprint density at radius 1 is 1.07 bits per heavy atom. The highest BCUT2D eigenvalue weighted by Crippen LogP contribution is 2.34. The van der Waals surface area contributed by atoms with E-state index < -0.39 is 12.0 Å². The van der Waals surface area contributed by atoms with Gasteiger partial charge in [0.2, 0.25) is 0 Å². The first-order valence-corrected chi connectivity index (χ1v) is 8.95. The number of benzene rings is 2. The van der Waals surface area contributed by atoms with Crippen LogP contribution in [0.3, 0.4) is 0 Å². The molecular formula is C21H26N2O4. The summed E-state index contributed by atoms with van der Waals surface area (Å²) < 4.78 is 6.08. The molecule has 0 saturated heterocycles. The Balaban J connectivity index is 2.29. The second kappa shape index (κ2) is 8.77. The third-order valence-corrected chi connectivity index (χ3v) is 4.48. The van der Waals surface area contributed by atoms with Crippen LogP contribution in [0.1, 0.15) is 34.7 Å². The molecule has 1 unspecified atom stereocenters. The number of carboxylic acids is 1. The van der Waals surface area contributed by atoms with E-state index in [1.165, 1.54) is 0 Å². The standard InChI is InChI=1S/C21H26N2O4/c1-6-22-18(21(24)25)11-16-7-14(4)20(15(5)8-16)27-17-9-12(2)19(23-26)13(3)10-17/h7-10,18,22H,6,11H2,1-5H3,(H,24,25). The van der Waals surface area contributed by atoms with Crippen molar-refractivity contribution >= 4 is 11.7 Å². The Morgan fingerprint density at radius 2 is 1.63 bits per heavy atom. The van der Waals surface area contributed by atoms with Crippen LogP contribution >= 0.6 is 0 Å². The van der Waals surface area contributed by atoms with E-state index in [-0.39, 0.29) is 0 Å². The number of nitroso groups, excluding NO2 is 1. The lowest BCUT2D eigenvalue weighted by molar-refractivity contribution is -0.139. The molecule has 6 heteroatoms. The van der Waals surface area contributed by atoms with Gasteiger partial charge in [0.15, 0.2) is 0 Å². The number of nitrogens with one attached hydrogen (secondary N) is 1. The van der Waals surface area contributed by atoms with Crippen LogP contribution in [0.5, 0.6) is 11.5 Å². The highest BCUT2D eigenvalue weighted by atomic mass is 16.5. The minimum absolute atomic E-state index is 0.406. The van der Waals surface area contributed by atoms with Gasteiger partial charge in [-0.3, -0.25) is 4.79 Å². The first kappa shape index (κ1) is 20.6. The van der Waals surface area contributed by atoms with E-state index in [0.717, 1.165) is 33.6 Å². The Hall–Kier alpha value is -2.73. The van der Waals surface area contributed by atoms with E-state index in [1.807, 2.05) is 46.8 Å².